The largest absolute Gasteiger partial charge is 0.506 e. The van der Waals surface area contributed by atoms with Gasteiger partial charge >= 0.3 is 0 Å². The first kappa shape index (κ1) is 18.3. The second-order valence-electron chi connectivity index (χ2n) is 5.84. The van der Waals surface area contributed by atoms with Crippen LogP contribution in [0.4, 0.5) is 5.69 Å². The van der Waals surface area contributed by atoms with Gasteiger partial charge in [0.05, 0.1) is 5.69 Å². The number of halogens is 1. The number of para-hydroxylation sites is 1. The lowest BCUT2D eigenvalue weighted by molar-refractivity contribution is 0.0997. The molecule has 0 saturated heterocycles. The summed E-state index contributed by atoms with van der Waals surface area (Å²) in [5, 5.41) is 14.5. The van der Waals surface area contributed by atoms with E-state index in [0.717, 1.165) is 10.9 Å². The van der Waals surface area contributed by atoms with E-state index in [1.54, 1.807) is 24.5 Å². The highest BCUT2D eigenvalue weighted by Gasteiger charge is 2.22. The van der Waals surface area contributed by atoms with Crippen molar-refractivity contribution in [2.75, 3.05) is 5.32 Å². The molecule has 6 nitrogen and oxygen atoms in total. The zero-order valence-corrected chi connectivity index (χ0v) is 16.0. The molecule has 0 radical (unpaired) electrons. The maximum atomic E-state index is 12.9. The third-order valence-electron chi connectivity index (χ3n) is 4.00. The number of carbonyl (C=O) groups excluding carboxylic acids is 1. The molecule has 2 N–H and O–H groups in total. The molecule has 0 fully saturated rings. The van der Waals surface area contributed by atoms with Gasteiger partial charge in [0.15, 0.2) is 10.9 Å². The van der Waals surface area contributed by atoms with Gasteiger partial charge in [-0.2, -0.15) is 0 Å². The lowest BCUT2D eigenvalue weighted by Crippen LogP contribution is -2.13. The Hall–Kier alpha value is -3.03. The molecular formula is C20H14ClN3O3S. The summed E-state index contributed by atoms with van der Waals surface area (Å²) >= 11 is 7.36. The highest BCUT2D eigenvalue weighted by molar-refractivity contribution is 7.98. The van der Waals surface area contributed by atoms with Gasteiger partial charge in [0.25, 0.3) is 5.91 Å². The van der Waals surface area contributed by atoms with Gasteiger partial charge in [-0.3, -0.25) is 4.79 Å². The maximum absolute atomic E-state index is 12.9. The Balaban J connectivity index is 1.67. The molecule has 0 bridgehead atoms. The van der Waals surface area contributed by atoms with Crippen LogP contribution >= 0.6 is 23.4 Å². The summed E-state index contributed by atoms with van der Waals surface area (Å²) in [5.41, 5.74) is 1.54. The van der Waals surface area contributed by atoms with E-state index in [-0.39, 0.29) is 17.2 Å². The minimum Gasteiger partial charge on any atom is -0.506 e. The summed E-state index contributed by atoms with van der Waals surface area (Å²) in [6.45, 7) is 0. The SMILES string of the molecule is O=C(Nc1cc(Cl)ccc1O)c1oc2ccccc2c1CSc1ncccn1. The first-order valence-corrected chi connectivity index (χ1v) is 9.68. The van der Waals surface area contributed by atoms with Gasteiger partial charge in [-0.25, -0.2) is 9.97 Å². The molecule has 28 heavy (non-hydrogen) atoms. The lowest BCUT2D eigenvalue weighted by Gasteiger charge is -2.07. The first-order chi connectivity index (χ1) is 13.6. The maximum Gasteiger partial charge on any atom is 0.291 e. The number of rotatable bonds is 5. The van der Waals surface area contributed by atoms with Gasteiger partial charge in [-0.15, -0.1) is 0 Å². The van der Waals surface area contributed by atoms with Gasteiger partial charge in [0, 0.05) is 34.1 Å². The Bertz CT molecular complexity index is 1150. The van der Waals surface area contributed by atoms with Crippen LogP contribution in [0.15, 0.2) is 70.5 Å². The summed E-state index contributed by atoms with van der Waals surface area (Å²) in [6.07, 6.45) is 3.33. The van der Waals surface area contributed by atoms with Crippen molar-refractivity contribution in [2.45, 2.75) is 10.9 Å². The average Bonchev–Trinajstić information content (AvgIpc) is 3.09. The van der Waals surface area contributed by atoms with Gasteiger partial charge in [-0.1, -0.05) is 41.6 Å². The van der Waals surface area contributed by atoms with Crippen molar-refractivity contribution in [2.24, 2.45) is 0 Å². The van der Waals surface area contributed by atoms with Gasteiger partial charge in [-0.05, 0) is 30.3 Å². The zero-order chi connectivity index (χ0) is 19.5. The Morgan fingerprint density at radius 1 is 1.14 bits per heavy atom. The van der Waals surface area contributed by atoms with Crippen molar-refractivity contribution in [1.29, 1.82) is 0 Å². The number of hydrogen-bond donors (Lipinski definition) is 2. The predicted molar refractivity (Wildman–Crippen MR) is 109 cm³/mol. The third-order valence-corrected chi connectivity index (χ3v) is 5.14. The highest BCUT2D eigenvalue weighted by Crippen LogP contribution is 2.33. The topological polar surface area (TPSA) is 88.2 Å². The van der Waals surface area contributed by atoms with Gasteiger partial charge < -0.3 is 14.8 Å². The lowest BCUT2D eigenvalue weighted by atomic mass is 10.1. The van der Waals surface area contributed by atoms with Crippen LogP contribution in [0, 0.1) is 0 Å². The number of nitrogens with zero attached hydrogens (tertiary/aromatic N) is 2. The van der Waals surface area contributed by atoms with E-state index in [9.17, 15) is 9.90 Å². The fourth-order valence-electron chi connectivity index (χ4n) is 2.71. The molecule has 0 aliphatic rings. The van der Waals surface area contributed by atoms with E-state index in [1.165, 1.54) is 30.0 Å². The van der Waals surface area contributed by atoms with Crippen LogP contribution in [0.1, 0.15) is 16.1 Å². The van der Waals surface area contributed by atoms with E-state index in [1.807, 2.05) is 18.2 Å². The number of fused-ring (bicyclic) bond motifs is 1. The van der Waals surface area contributed by atoms with Crippen molar-refractivity contribution >= 4 is 45.9 Å². The zero-order valence-electron chi connectivity index (χ0n) is 14.4. The standard InChI is InChI=1S/C20H14ClN3O3S/c21-12-6-7-16(25)15(10-12)24-19(26)18-14(11-28-20-22-8-3-9-23-20)13-4-1-2-5-17(13)27-18/h1-10,25H,11H2,(H,24,26). The second kappa shape index (κ2) is 7.92. The van der Waals surface area contributed by atoms with Crippen LogP contribution in [0.5, 0.6) is 5.75 Å². The molecule has 0 atom stereocenters. The van der Waals surface area contributed by atoms with Crippen LogP contribution in [0.2, 0.25) is 5.02 Å². The number of aromatic nitrogens is 2. The fourth-order valence-corrected chi connectivity index (χ4v) is 3.71. The van der Waals surface area contributed by atoms with Gasteiger partial charge in [0.2, 0.25) is 0 Å². The molecule has 2 heterocycles. The number of anilines is 1. The number of hydrogen-bond acceptors (Lipinski definition) is 6. The number of benzene rings is 2. The quantitative estimate of drug-likeness (QED) is 0.269. The molecule has 4 rings (SSSR count). The van der Waals surface area contributed by atoms with E-state index >= 15 is 0 Å². The van der Waals surface area contributed by atoms with Crippen molar-refractivity contribution in [1.82, 2.24) is 9.97 Å². The number of amides is 1. The van der Waals surface area contributed by atoms with Crippen LogP contribution in [-0.2, 0) is 5.75 Å². The number of phenolic OH excluding ortho intramolecular Hbond substituents is 1. The van der Waals surface area contributed by atoms with Crippen molar-refractivity contribution < 1.29 is 14.3 Å². The molecule has 0 aliphatic heterocycles. The molecule has 0 aliphatic carbocycles. The number of nitrogens with one attached hydrogen (secondary N) is 1. The summed E-state index contributed by atoms with van der Waals surface area (Å²) in [7, 11) is 0. The van der Waals surface area contributed by atoms with Crippen LogP contribution < -0.4 is 5.32 Å². The Kier molecular flexibility index (Phi) is 5.18. The van der Waals surface area contributed by atoms with Crippen LogP contribution in [0.25, 0.3) is 11.0 Å². The van der Waals surface area contributed by atoms with Crippen LogP contribution in [-0.4, -0.2) is 21.0 Å². The molecule has 140 valence electrons. The predicted octanol–water partition coefficient (Wildman–Crippen LogP) is 5.13. The number of thioether (sulfide) groups is 1. The minimum absolute atomic E-state index is 0.0810. The van der Waals surface area contributed by atoms with E-state index in [0.29, 0.717) is 21.5 Å². The Labute approximate surface area is 169 Å². The summed E-state index contributed by atoms with van der Waals surface area (Å²) < 4.78 is 5.81. The average molecular weight is 412 g/mol. The van der Waals surface area contributed by atoms with Crippen molar-refractivity contribution in [3.63, 3.8) is 0 Å². The Morgan fingerprint density at radius 3 is 2.75 bits per heavy atom. The first-order valence-electron chi connectivity index (χ1n) is 8.32. The smallest absolute Gasteiger partial charge is 0.291 e. The van der Waals surface area contributed by atoms with E-state index < -0.39 is 5.91 Å². The minimum atomic E-state index is -0.474. The number of carbonyl (C=O) groups is 1. The summed E-state index contributed by atoms with van der Waals surface area (Å²) in [6, 6.07) is 13.6. The summed E-state index contributed by atoms with van der Waals surface area (Å²) in [5.74, 6) is 0.0653. The highest BCUT2D eigenvalue weighted by atomic mass is 35.5. The third kappa shape index (κ3) is 3.81. The van der Waals surface area contributed by atoms with Crippen molar-refractivity contribution in [3.05, 3.63) is 77.3 Å². The van der Waals surface area contributed by atoms with E-state index in [4.69, 9.17) is 16.0 Å². The number of phenols is 1. The second-order valence-corrected chi connectivity index (χ2v) is 7.22. The van der Waals surface area contributed by atoms with Gasteiger partial charge in [0.1, 0.15) is 11.3 Å². The molecule has 0 spiro atoms. The van der Waals surface area contributed by atoms with E-state index in [2.05, 4.69) is 15.3 Å². The normalized spacial score (nSPS) is 10.9. The van der Waals surface area contributed by atoms with Crippen LogP contribution in [0.3, 0.4) is 0 Å². The molecule has 0 unspecified atom stereocenters. The molecule has 1 amide bonds. The van der Waals surface area contributed by atoms with Crippen molar-refractivity contribution in [3.8, 4) is 5.75 Å². The Morgan fingerprint density at radius 2 is 1.93 bits per heavy atom. The fraction of sp³-hybridized carbons (Fsp3) is 0.0500. The molecule has 4 aromatic rings. The molecule has 2 aromatic heterocycles. The number of aromatic hydroxyl groups is 1. The molecular weight excluding hydrogens is 398 g/mol. The molecule has 8 heteroatoms. The monoisotopic (exact) mass is 411 g/mol. The molecule has 2 aromatic carbocycles. The number of furan rings is 1. The molecule has 0 saturated carbocycles. The summed E-state index contributed by atoms with van der Waals surface area (Å²) in [4.78, 5) is 21.3.